The van der Waals surface area contributed by atoms with Crippen molar-refractivity contribution in [2.45, 2.75) is 141 Å². The molecule has 4 aliphatic heterocycles. The number of rotatable bonds is 8. The Labute approximate surface area is 367 Å². The highest BCUT2D eigenvalue weighted by atomic mass is 16.7. The Bertz CT molecular complexity index is 2070. The third-order valence-corrected chi connectivity index (χ3v) is 12.9. The molecule has 0 spiro atoms. The second-order valence-corrected chi connectivity index (χ2v) is 18.1. The molecule has 0 saturated carbocycles. The number of amides is 2. The number of ketones is 1. The maximum absolute atomic E-state index is 14.5. The SMILES string of the molecule is CC[C@H]1OC(=O)[C@H](C)C(=O)[C@H](C)[C@@H](O[C@@H]2O[C@H](C)C[C@H](N(C)C)[C@H]2O)[C@@]2(C)C[C@@H](C)C3=NC(=O)C(Cc4cc(-c5cccc(C(N)=O)n5)no4)O/N=C(\CO[C@@H]([C@@H]3C)[C@]1(C)O)CO2. The molecular formula is C44H62N6O13. The Morgan fingerprint density at radius 2 is 1.78 bits per heavy atom. The maximum atomic E-state index is 14.5. The number of nitrogens with zero attached hydrogens (tertiary/aromatic N) is 5. The number of primary amides is 1. The van der Waals surface area contributed by atoms with E-state index in [1.54, 1.807) is 45.9 Å². The van der Waals surface area contributed by atoms with Gasteiger partial charge >= 0.3 is 5.97 Å². The highest BCUT2D eigenvalue weighted by Crippen LogP contribution is 2.40. The number of carbonyl (C=O) groups is 4. The number of pyridine rings is 1. The van der Waals surface area contributed by atoms with Gasteiger partial charge in [-0.15, -0.1) is 0 Å². The molecule has 2 amide bonds. The van der Waals surface area contributed by atoms with E-state index >= 15 is 0 Å². The molecule has 14 atom stereocenters. The normalized spacial score (nSPS) is 38.1. The smallest absolute Gasteiger partial charge is 0.316 e. The minimum Gasteiger partial charge on any atom is -0.459 e. The average molecular weight is 883 g/mol. The Balaban J connectivity index is 1.47. The molecule has 63 heavy (non-hydrogen) atoms. The molecule has 19 nitrogen and oxygen atoms in total. The number of aliphatic imine (C=N–C) groups is 1. The van der Waals surface area contributed by atoms with E-state index in [1.165, 1.54) is 19.9 Å². The van der Waals surface area contributed by atoms with Crippen LogP contribution in [0.4, 0.5) is 0 Å². The molecule has 19 heteroatoms. The van der Waals surface area contributed by atoms with Gasteiger partial charge in [0.15, 0.2) is 12.1 Å². The minimum atomic E-state index is -1.89. The van der Waals surface area contributed by atoms with E-state index in [1.807, 2.05) is 32.8 Å². The number of cyclic esters (lactones) is 1. The summed E-state index contributed by atoms with van der Waals surface area (Å²) in [6, 6.07) is 5.91. The fraction of sp³-hybridized carbons (Fsp3) is 0.682. The van der Waals surface area contributed by atoms with Gasteiger partial charge in [-0.25, -0.2) is 9.98 Å². The molecule has 0 aromatic carbocycles. The van der Waals surface area contributed by atoms with Crippen LogP contribution in [0.5, 0.6) is 0 Å². The van der Waals surface area contributed by atoms with Crippen LogP contribution in [-0.4, -0.2) is 148 Å². The predicted molar refractivity (Wildman–Crippen MR) is 225 cm³/mol. The molecule has 0 radical (unpaired) electrons. The molecule has 4 aliphatic rings. The lowest BCUT2D eigenvalue weighted by atomic mass is 9.73. The van der Waals surface area contributed by atoms with Gasteiger partial charge in [-0.1, -0.05) is 44.1 Å². The molecule has 6 rings (SSSR count). The summed E-state index contributed by atoms with van der Waals surface area (Å²) in [5.41, 5.74) is 3.20. The van der Waals surface area contributed by atoms with Crippen LogP contribution < -0.4 is 5.73 Å². The second kappa shape index (κ2) is 19.3. The number of esters is 1. The number of hydrogen-bond acceptors (Lipinski definition) is 17. The molecule has 4 bridgehead atoms. The van der Waals surface area contributed by atoms with Crippen LogP contribution >= 0.6 is 0 Å². The first kappa shape index (κ1) is 48.0. The number of oxime groups is 1. The van der Waals surface area contributed by atoms with Crippen molar-refractivity contribution >= 4 is 35.0 Å². The molecular weight excluding hydrogens is 821 g/mol. The quantitative estimate of drug-likeness (QED) is 0.254. The minimum absolute atomic E-state index is 0.0340. The van der Waals surface area contributed by atoms with Crippen LogP contribution in [0.2, 0.25) is 0 Å². The highest BCUT2D eigenvalue weighted by Gasteiger charge is 2.53. The largest absolute Gasteiger partial charge is 0.459 e. The summed E-state index contributed by atoms with van der Waals surface area (Å²) in [5.74, 6) is -6.36. The number of nitrogens with two attached hydrogens (primary N) is 1. The Hall–Kier alpha value is -4.50. The summed E-state index contributed by atoms with van der Waals surface area (Å²) < 4.78 is 37.9. The Morgan fingerprint density at radius 1 is 1.05 bits per heavy atom. The molecule has 3 fully saturated rings. The van der Waals surface area contributed by atoms with Gasteiger partial charge in [0.2, 0.25) is 6.10 Å². The van der Waals surface area contributed by atoms with Crippen molar-refractivity contribution in [3.63, 3.8) is 0 Å². The third kappa shape index (κ3) is 10.2. The molecule has 2 aromatic rings. The molecule has 6 heterocycles. The van der Waals surface area contributed by atoms with Gasteiger partial charge < -0.3 is 53.9 Å². The lowest BCUT2D eigenvalue weighted by molar-refractivity contribution is -0.296. The van der Waals surface area contributed by atoms with Gasteiger partial charge in [0.05, 0.1) is 49.2 Å². The van der Waals surface area contributed by atoms with E-state index in [0.717, 1.165) is 0 Å². The lowest BCUT2D eigenvalue weighted by Crippen LogP contribution is -2.60. The number of aliphatic hydroxyl groups excluding tert-OH is 1. The van der Waals surface area contributed by atoms with Crippen molar-refractivity contribution in [3.8, 4) is 11.4 Å². The molecule has 4 N–H and O–H groups in total. The maximum Gasteiger partial charge on any atom is 0.316 e. The summed E-state index contributed by atoms with van der Waals surface area (Å²) in [6.07, 6.45) is -6.88. The lowest BCUT2D eigenvalue weighted by Gasteiger charge is -2.47. The number of likely N-dealkylation sites (N-methyl/N-ethyl adjacent to an activating group) is 1. The zero-order valence-electron chi connectivity index (χ0n) is 37.7. The number of Topliss-reactive ketones (excluding diaryl/α,β-unsaturated/α-hetero) is 1. The number of ether oxygens (including phenoxy) is 5. The molecule has 3 saturated heterocycles. The molecule has 1 unspecified atom stereocenters. The van der Waals surface area contributed by atoms with E-state index in [-0.39, 0.29) is 67.5 Å². The Morgan fingerprint density at radius 3 is 2.46 bits per heavy atom. The monoisotopic (exact) mass is 882 g/mol. The number of aromatic nitrogens is 2. The summed E-state index contributed by atoms with van der Waals surface area (Å²) in [5, 5.41) is 32.6. The highest BCUT2D eigenvalue weighted by molar-refractivity contribution is 6.01. The molecule has 0 aliphatic carbocycles. The zero-order valence-corrected chi connectivity index (χ0v) is 37.7. The van der Waals surface area contributed by atoms with Crippen LogP contribution in [0.25, 0.3) is 11.4 Å². The van der Waals surface area contributed by atoms with Crippen LogP contribution in [0.3, 0.4) is 0 Å². The molecule has 2 aromatic heterocycles. The van der Waals surface area contributed by atoms with Crippen LogP contribution in [0, 0.1) is 23.7 Å². The summed E-state index contributed by atoms with van der Waals surface area (Å²) in [4.78, 5) is 71.5. The average Bonchev–Trinajstić information content (AvgIpc) is 3.70. The van der Waals surface area contributed by atoms with E-state index in [2.05, 4.69) is 15.3 Å². The van der Waals surface area contributed by atoms with Crippen molar-refractivity contribution < 1.29 is 62.4 Å². The van der Waals surface area contributed by atoms with Gasteiger partial charge in [0.1, 0.15) is 46.6 Å². The van der Waals surface area contributed by atoms with Crippen LogP contribution in [-0.2, 0) is 49.3 Å². The second-order valence-electron chi connectivity index (χ2n) is 18.1. The first-order valence-corrected chi connectivity index (χ1v) is 21.6. The topological polar surface area (TPSA) is 257 Å². The predicted octanol–water partition coefficient (Wildman–Crippen LogP) is 2.68. The summed E-state index contributed by atoms with van der Waals surface area (Å²) in [7, 11) is 3.70. The third-order valence-electron chi connectivity index (χ3n) is 12.9. The van der Waals surface area contributed by atoms with Crippen LogP contribution in [0.15, 0.2) is 38.9 Å². The summed E-state index contributed by atoms with van der Waals surface area (Å²) >= 11 is 0. The van der Waals surface area contributed by atoms with E-state index in [4.69, 9.17) is 43.8 Å². The first-order chi connectivity index (χ1) is 29.6. The van der Waals surface area contributed by atoms with Gasteiger partial charge in [0, 0.05) is 29.7 Å². The van der Waals surface area contributed by atoms with Gasteiger partial charge in [-0.3, -0.25) is 19.2 Å². The van der Waals surface area contributed by atoms with E-state index < -0.39 is 95.3 Å². The molecule has 346 valence electrons. The fourth-order valence-electron chi connectivity index (χ4n) is 9.36. The van der Waals surface area contributed by atoms with Gasteiger partial charge in [-0.05, 0) is 79.1 Å². The standard InChI is InChI=1S/C44H62N6O13/c1-11-33-44(8,56)38-23(4)34-21(2)18-43(7,37(24(5)35(51)25(6)41(55)60-33)61-42-36(52)31(50(9)10)15-22(3)59-42)58-20-26(19-57-38)48-63-32(40(54)47-34)17-27-16-30(49-62-27)28-13-12-14-29(46-28)39(45)53/h12-14,16,21-25,31-33,36-38,42,52,56H,11,15,17-20H2,1-10H3,(H2,45,53)/b47-34?,48-26+/t21-,22-,23-,24+,25-,31+,32?,33-,36-,37-,38+,42+,43-,44-/m1/s1. The zero-order chi connectivity index (χ0) is 46.1. The van der Waals surface area contributed by atoms with Crippen molar-refractivity contribution in [2.75, 3.05) is 27.3 Å². The fourth-order valence-corrected chi connectivity index (χ4v) is 9.36. The van der Waals surface area contributed by atoms with Crippen molar-refractivity contribution in [3.05, 3.63) is 35.7 Å². The first-order valence-electron chi connectivity index (χ1n) is 21.6. The van der Waals surface area contributed by atoms with Crippen molar-refractivity contribution in [2.24, 2.45) is 39.6 Å². The van der Waals surface area contributed by atoms with Crippen molar-refractivity contribution in [1.82, 2.24) is 15.0 Å². The van der Waals surface area contributed by atoms with E-state index in [0.29, 0.717) is 17.8 Å². The van der Waals surface area contributed by atoms with Crippen molar-refractivity contribution in [1.29, 1.82) is 0 Å². The number of fused-ring (bicyclic) bond motifs is 4. The number of hydrogen-bond donors (Lipinski definition) is 3. The Kier molecular flexibility index (Phi) is 14.7. The van der Waals surface area contributed by atoms with Gasteiger partial charge in [0.25, 0.3) is 11.8 Å². The van der Waals surface area contributed by atoms with E-state index in [9.17, 15) is 29.4 Å². The summed E-state index contributed by atoms with van der Waals surface area (Å²) in [6.45, 7) is 13.1. The van der Waals surface area contributed by atoms with Gasteiger partial charge in [-0.2, -0.15) is 0 Å². The number of aliphatic hydroxyl groups is 2. The number of carbonyl (C=O) groups excluding carboxylic acids is 4. The van der Waals surface area contributed by atoms with Crippen LogP contribution in [0.1, 0.15) is 90.9 Å².